The molecule has 5 nitrogen and oxygen atoms in total. The Hall–Kier alpha value is -1.17. The van der Waals surface area contributed by atoms with Crippen LogP contribution < -0.4 is 5.32 Å². The molecule has 72 valence electrons. The number of carbonyl (C=O) groups excluding carboxylic acids is 1. The Kier molecular flexibility index (Phi) is 2.82. The lowest BCUT2D eigenvalue weighted by molar-refractivity contribution is -0.137. The van der Waals surface area contributed by atoms with Crippen molar-refractivity contribution >= 4 is 29.2 Å². The van der Waals surface area contributed by atoms with Gasteiger partial charge in [0.1, 0.15) is 6.04 Å². The van der Waals surface area contributed by atoms with E-state index < -0.39 is 12.0 Å². The summed E-state index contributed by atoms with van der Waals surface area (Å²) in [6, 6.07) is -0.464. The zero-order chi connectivity index (χ0) is 10.0. The Bertz CT molecular complexity index is 266. The molecule has 1 aliphatic heterocycles. The molecule has 1 aliphatic rings. The monoisotopic (exact) mass is 202 g/mol. The topological polar surface area (TPSA) is 69.6 Å². The predicted molar refractivity (Wildman–Crippen MR) is 49.2 cm³/mol. The van der Waals surface area contributed by atoms with Gasteiger partial charge in [0.05, 0.1) is 0 Å². The zero-order valence-electron chi connectivity index (χ0n) is 7.11. The summed E-state index contributed by atoms with van der Waals surface area (Å²) in [6.45, 7) is 0. The third kappa shape index (κ3) is 2.15. The van der Waals surface area contributed by atoms with Crippen LogP contribution in [-0.2, 0) is 9.59 Å². The molecule has 0 aromatic carbocycles. The number of carboxylic acid groups (broad SMARTS) is 1. The molecule has 13 heavy (non-hydrogen) atoms. The van der Waals surface area contributed by atoms with Crippen LogP contribution in [0.5, 0.6) is 0 Å². The van der Waals surface area contributed by atoms with Crippen molar-refractivity contribution in [1.29, 1.82) is 0 Å². The van der Waals surface area contributed by atoms with Crippen molar-refractivity contribution in [1.82, 2.24) is 10.2 Å². The molecule has 0 radical (unpaired) electrons. The highest BCUT2D eigenvalue weighted by Crippen LogP contribution is 2.08. The number of aliphatic carboxylic acids is 1. The average Bonchev–Trinajstić information content (AvgIpc) is 2.29. The van der Waals surface area contributed by atoms with E-state index in [0.717, 1.165) is 0 Å². The van der Waals surface area contributed by atoms with Crippen LogP contribution in [0.15, 0.2) is 0 Å². The first-order chi connectivity index (χ1) is 6.02. The minimum atomic E-state index is -0.907. The van der Waals surface area contributed by atoms with Crippen LogP contribution >= 0.6 is 12.2 Å². The van der Waals surface area contributed by atoms with E-state index in [2.05, 4.69) is 5.32 Å². The Balaban J connectivity index is 2.49. The van der Waals surface area contributed by atoms with E-state index in [1.165, 1.54) is 4.90 Å². The number of hydrogen-bond acceptors (Lipinski definition) is 3. The zero-order valence-corrected chi connectivity index (χ0v) is 7.93. The quantitative estimate of drug-likeness (QED) is 0.607. The number of nitrogens with one attached hydrogen (secondary N) is 1. The molecule has 0 aromatic rings. The van der Waals surface area contributed by atoms with E-state index in [1.807, 2.05) is 0 Å². The van der Waals surface area contributed by atoms with Crippen molar-refractivity contribution in [2.45, 2.75) is 18.9 Å². The van der Waals surface area contributed by atoms with E-state index in [1.54, 1.807) is 7.05 Å². The van der Waals surface area contributed by atoms with Crippen LogP contribution in [0.1, 0.15) is 12.8 Å². The Morgan fingerprint density at radius 2 is 2.38 bits per heavy atom. The van der Waals surface area contributed by atoms with E-state index >= 15 is 0 Å². The molecule has 1 fully saturated rings. The van der Waals surface area contributed by atoms with Crippen molar-refractivity contribution in [3.8, 4) is 0 Å². The van der Waals surface area contributed by atoms with Gasteiger partial charge in [0.2, 0.25) is 0 Å². The van der Waals surface area contributed by atoms with Crippen molar-refractivity contribution < 1.29 is 14.7 Å². The van der Waals surface area contributed by atoms with Crippen molar-refractivity contribution in [3.63, 3.8) is 0 Å². The van der Waals surface area contributed by atoms with Crippen LogP contribution in [0, 0.1) is 0 Å². The van der Waals surface area contributed by atoms with Gasteiger partial charge < -0.3 is 10.4 Å². The van der Waals surface area contributed by atoms with Gasteiger partial charge in [-0.2, -0.15) is 0 Å². The van der Waals surface area contributed by atoms with Crippen molar-refractivity contribution in [2.75, 3.05) is 7.05 Å². The van der Waals surface area contributed by atoms with Crippen LogP contribution in [0.25, 0.3) is 0 Å². The molecular formula is C7H10N2O3S. The molecule has 2 N–H and O–H groups in total. The van der Waals surface area contributed by atoms with Crippen molar-refractivity contribution in [3.05, 3.63) is 0 Å². The Morgan fingerprint density at radius 3 is 2.77 bits per heavy atom. The molecule has 0 aromatic heterocycles. The molecule has 0 bridgehead atoms. The molecule has 0 spiro atoms. The fourth-order valence-electron chi connectivity index (χ4n) is 1.10. The molecule has 0 aliphatic carbocycles. The number of carbonyl (C=O) groups is 2. The molecule has 1 heterocycles. The fraction of sp³-hybridized carbons (Fsp3) is 0.571. The molecule has 1 saturated heterocycles. The Labute approximate surface area is 80.7 Å². The van der Waals surface area contributed by atoms with Crippen LogP contribution in [0.4, 0.5) is 0 Å². The lowest BCUT2D eigenvalue weighted by Gasteiger charge is -2.05. The summed E-state index contributed by atoms with van der Waals surface area (Å²) in [5.74, 6) is -1.07. The van der Waals surface area contributed by atoms with Gasteiger partial charge in [0.15, 0.2) is 5.11 Å². The van der Waals surface area contributed by atoms with Crippen LogP contribution in [0.2, 0.25) is 0 Å². The molecule has 1 atom stereocenters. The summed E-state index contributed by atoms with van der Waals surface area (Å²) < 4.78 is 0. The van der Waals surface area contributed by atoms with Gasteiger partial charge in [-0.1, -0.05) is 0 Å². The highest BCUT2D eigenvalue weighted by molar-refractivity contribution is 7.80. The highest BCUT2D eigenvalue weighted by atomic mass is 32.1. The largest absolute Gasteiger partial charge is 0.481 e. The fourth-order valence-corrected chi connectivity index (χ4v) is 1.34. The second-order valence-corrected chi connectivity index (χ2v) is 3.22. The highest BCUT2D eigenvalue weighted by Gasteiger charge is 2.32. The van der Waals surface area contributed by atoms with Crippen LogP contribution in [-0.4, -0.2) is 40.1 Å². The number of hydrogen-bond donors (Lipinski definition) is 2. The lowest BCUT2D eigenvalue weighted by Crippen LogP contribution is -2.29. The van der Waals surface area contributed by atoms with E-state index in [4.69, 9.17) is 17.3 Å². The predicted octanol–water partition coefficient (Wildman–Crippen LogP) is -0.434. The van der Waals surface area contributed by atoms with E-state index in [9.17, 15) is 9.59 Å². The molecule has 6 heteroatoms. The number of nitrogens with zero attached hydrogens (tertiary/aromatic N) is 1. The smallest absolute Gasteiger partial charge is 0.303 e. The first-order valence-electron chi connectivity index (χ1n) is 3.82. The molecular weight excluding hydrogens is 192 g/mol. The summed E-state index contributed by atoms with van der Waals surface area (Å²) in [5, 5.41) is 11.5. The summed E-state index contributed by atoms with van der Waals surface area (Å²) in [5.41, 5.74) is 0. The van der Waals surface area contributed by atoms with Crippen LogP contribution in [0.3, 0.4) is 0 Å². The van der Waals surface area contributed by atoms with Gasteiger partial charge in [-0.25, -0.2) is 0 Å². The SMILES string of the molecule is CN1C(=O)[C@H](CCC(=O)O)NC1=S. The first kappa shape index (κ1) is 9.91. The van der Waals surface area contributed by atoms with E-state index in [0.29, 0.717) is 5.11 Å². The summed E-state index contributed by atoms with van der Waals surface area (Å²) in [6.07, 6.45) is 0.249. The second-order valence-electron chi connectivity index (χ2n) is 2.83. The van der Waals surface area contributed by atoms with E-state index in [-0.39, 0.29) is 18.7 Å². The molecule has 0 saturated carbocycles. The molecule has 0 unspecified atom stereocenters. The Morgan fingerprint density at radius 1 is 1.77 bits per heavy atom. The number of rotatable bonds is 3. The second kappa shape index (κ2) is 3.69. The summed E-state index contributed by atoms with van der Waals surface area (Å²) >= 11 is 4.82. The normalized spacial score (nSPS) is 21.9. The minimum absolute atomic E-state index is 0.0279. The van der Waals surface area contributed by atoms with Crippen molar-refractivity contribution in [2.24, 2.45) is 0 Å². The average molecular weight is 202 g/mol. The van der Waals surface area contributed by atoms with Gasteiger partial charge in [0.25, 0.3) is 5.91 Å². The summed E-state index contributed by atoms with van der Waals surface area (Å²) in [4.78, 5) is 22.9. The summed E-state index contributed by atoms with van der Waals surface area (Å²) in [7, 11) is 1.57. The number of amides is 1. The maximum Gasteiger partial charge on any atom is 0.303 e. The maximum absolute atomic E-state index is 11.3. The standard InChI is InChI=1S/C7H10N2O3S/c1-9-6(12)4(8-7(9)13)2-3-5(10)11/h4H,2-3H2,1H3,(H,8,13)(H,10,11)/t4-/m0/s1. The maximum atomic E-state index is 11.3. The third-order valence-electron chi connectivity index (χ3n) is 1.88. The van der Waals surface area contributed by atoms with Gasteiger partial charge in [-0.15, -0.1) is 0 Å². The number of carboxylic acids is 1. The molecule has 1 amide bonds. The minimum Gasteiger partial charge on any atom is -0.481 e. The number of thiocarbonyl (C=S) groups is 1. The van der Waals surface area contributed by atoms with Gasteiger partial charge in [-0.05, 0) is 18.6 Å². The van der Waals surface area contributed by atoms with Gasteiger partial charge in [-0.3, -0.25) is 14.5 Å². The third-order valence-corrected chi connectivity index (χ3v) is 2.27. The molecule has 1 rings (SSSR count). The van der Waals surface area contributed by atoms with Gasteiger partial charge in [0, 0.05) is 13.5 Å². The number of likely N-dealkylation sites (N-methyl/N-ethyl adjacent to an activating group) is 1. The lowest BCUT2D eigenvalue weighted by atomic mass is 10.1. The van der Waals surface area contributed by atoms with Gasteiger partial charge >= 0.3 is 5.97 Å². The first-order valence-corrected chi connectivity index (χ1v) is 4.23.